The third-order valence-electron chi connectivity index (χ3n) is 2.71. The largest absolute Gasteiger partial charge is 0.478 e. The lowest BCUT2D eigenvalue weighted by Gasteiger charge is -2.12. The molecule has 7 heteroatoms. The lowest BCUT2D eigenvalue weighted by Crippen LogP contribution is -2.22. The number of hydrogen-bond acceptors (Lipinski definition) is 6. The fourth-order valence-electron chi connectivity index (χ4n) is 1.75. The summed E-state index contributed by atoms with van der Waals surface area (Å²) in [6, 6.07) is 3.68. The second kappa shape index (κ2) is 5.05. The number of cyclic esters (lactones) is 1. The summed E-state index contributed by atoms with van der Waals surface area (Å²) in [5, 5.41) is 10.7. The highest BCUT2D eigenvalue weighted by atomic mass is 16.6. The highest BCUT2D eigenvalue weighted by molar-refractivity contribution is 5.97. The molecule has 1 aromatic carbocycles. The molecule has 0 N–H and O–H groups in total. The number of nitro benzene ring substituents is 1. The number of esters is 1. The first kappa shape index (κ1) is 13.0. The van der Waals surface area contributed by atoms with Gasteiger partial charge in [0.2, 0.25) is 0 Å². The third-order valence-corrected chi connectivity index (χ3v) is 2.71. The van der Waals surface area contributed by atoms with Gasteiger partial charge < -0.3 is 9.47 Å². The van der Waals surface area contributed by atoms with Crippen LogP contribution in [0.3, 0.4) is 0 Å². The quantitative estimate of drug-likeness (QED) is 0.354. The number of hydrogen-bond donors (Lipinski definition) is 0. The number of carbonyl (C=O) groups is 2. The normalized spacial score (nSPS) is 17.9. The molecule has 1 heterocycles. The van der Waals surface area contributed by atoms with Crippen molar-refractivity contribution in [2.24, 2.45) is 0 Å². The Hall–Kier alpha value is -2.44. The molecule has 100 valence electrons. The number of nitrogens with zero attached hydrogens (tertiary/aromatic N) is 1. The number of non-ortho nitro benzene ring substituents is 1. The van der Waals surface area contributed by atoms with Crippen molar-refractivity contribution < 1.29 is 24.0 Å². The molecule has 1 atom stereocenters. The highest BCUT2D eigenvalue weighted by Gasteiger charge is 2.29. The lowest BCUT2D eigenvalue weighted by molar-refractivity contribution is -0.384. The number of ether oxygens (including phenoxy) is 2. The number of rotatable bonds is 4. The van der Waals surface area contributed by atoms with Crippen LogP contribution in [0.5, 0.6) is 5.75 Å². The first-order valence-electron chi connectivity index (χ1n) is 5.61. The zero-order chi connectivity index (χ0) is 14.0. The molecule has 19 heavy (non-hydrogen) atoms. The summed E-state index contributed by atoms with van der Waals surface area (Å²) in [6.45, 7) is 1.55. The molecule has 1 saturated heterocycles. The van der Waals surface area contributed by atoms with Gasteiger partial charge in [-0.3, -0.25) is 14.9 Å². The van der Waals surface area contributed by atoms with E-state index in [9.17, 15) is 19.7 Å². The van der Waals surface area contributed by atoms with E-state index < -0.39 is 17.0 Å². The SMILES string of the molecule is CC(=O)c1cc([N+](=O)[O-])ccc1OC1CCOC1=O. The van der Waals surface area contributed by atoms with Crippen LogP contribution in [0.1, 0.15) is 23.7 Å². The van der Waals surface area contributed by atoms with Crippen LogP contribution in [-0.2, 0) is 9.53 Å². The van der Waals surface area contributed by atoms with Crippen molar-refractivity contribution >= 4 is 17.4 Å². The average Bonchev–Trinajstić information content (AvgIpc) is 2.75. The molecule has 1 aromatic rings. The molecule has 1 aliphatic rings. The summed E-state index contributed by atoms with van der Waals surface area (Å²) < 4.78 is 10.1. The first-order valence-corrected chi connectivity index (χ1v) is 5.61. The van der Waals surface area contributed by atoms with E-state index in [-0.39, 0.29) is 29.4 Å². The minimum Gasteiger partial charge on any atom is -0.478 e. The summed E-state index contributed by atoms with van der Waals surface area (Å²) >= 11 is 0. The Morgan fingerprint density at radius 3 is 2.79 bits per heavy atom. The fraction of sp³-hybridized carbons (Fsp3) is 0.333. The predicted octanol–water partition coefficient (Wildman–Crippen LogP) is 1.49. The average molecular weight is 265 g/mol. The van der Waals surface area contributed by atoms with Crippen LogP contribution in [0.15, 0.2) is 18.2 Å². The van der Waals surface area contributed by atoms with Gasteiger partial charge in [0.05, 0.1) is 17.1 Å². The van der Waals surface area contributed by atoms with Gasteiger partial charge in [-0.25, -0.2) is 4.79 Å². The van der Waals surface area contributed by atoms with E-state index in [0.717, 1.165) is 6.07 Å². The number of carbonyl (C=O) groups excluding carboxylic acids is 2. The Bertz CT molecular complexity index is 553. The summed E-state index contributed by atoms with van der Waals surface area (Å²) in [6.07, 6.45) is -0.368. The van der Waals surface area contributed by atoms with Gasteiger partial charge >= 0.3 is 5.97 Å². The fourth-order valence-corrected chi connectivity index (χ4v) is 1.75. The molecular formula is C12H11NO6. The maximum atomic E-state index is 11.5. The summed E-state index contributed by atoms with van der Waals surface area (Å²) in [5.74, 6) is -0.708. The van der Waals surface area contributed by atoms with Crippen molar-refractivity contribution in [1.29, 1.82) is 0 Å². The third kappa shape index (κ3) is 2.70. The van der Waals surface area contributed by atoms with E-state index >= 15 is 0 Å². The van der Waals surface area contributed by atoms with Crippen molar-refractivity contribution in [3.8, 4) is 5.75 Å². The Labute approximate surface area is 108 Å². The molecule has 0 spiro atoms. The van der Waals surface area contributed by atoms with E-state index in [2.05, 4.69) is 0 Å². The Morgan fingerprint density at radius 1 is 1.53 bits per heavy atom. The highest BCUT2D eigenvalue weighted by Crippen LogP contribution is 2.27. The summed E-state index contributed by atoms with van der Waals surface area (Å²) in [7, 11) is 0. The molecule has 0 radical (unpaired) electrons. The minimum atomic E-state index is -0.764. The topological polar surface area (TPSA) is 95.7 Å². The molecule has 7 nitrogen and oxygen atoms in total. The van der Waals surface area contributed by atoms with Crippen LogP contribution in [0.2, 0.25) is 0 Å². The molecular weight excluding hydrogens is 254 g/mol. The van der Waals surface area contributed by atoms with Gasteiger partial charge in [0, 0.05) is 18.6 Å². The van der Waals surface area contributed by atoms with Crippen LogP contribution in [0, 0.1) is 10.1 Å². The van der Waals surface area contributed by atoms with Gasteiger partial charge in [0.15, 0.2) is 11.9 Å². The van der Waals surface area contributed by atoms with Crippen LogP contribution in [-0.4, -0.2) is 29.4 Å². The van der Waals surface area contributed by atoms with Crippen LogP contribution >= 0.6 is 0 Å². The van der Waals surface area contributed by atoms with E-state index in [1.807, 2.05) is 0 Å². The molecule has 1 unspecified atom stereocenters. The predicted molar refractivity (Wildman–Crippen MR) is 63.1 cm³/mol. The lowest BCUT2D eigenvalue weighted by atomic mass is 10.1. The zero-order valence-electron chi connectivity index (χ0n) is 10.1. The number of benzene rings is 1. The van der Waals surface area contributed by atoms with E-state index in [4.69, 9.17) is 9.47 Å². The molecule has 0 saturated carbocycles. The van der Waals surface area contributed by atoms with Gasteiger partial charge in [-0.05, 0) is 13.0 Å². The second-order valence-corrected chi connectivity index (χ2v) is 4.06. The van der Waals surface area contributed by atoms with Crippen LogP contribution in [0.4, 0.5) is 5.69 Å². The summed E-state index contributed by atoms with van der Waals surface area (Å²) in [5.41, 5.74) is -0.125. The molecule has 2 rings (SSSR count). The van der Waals surface area contributed by atoms with Crippen LogP contribution in [0.25, 0.3) is 0 Å². The molecule has 0 bridgehead atoms. The monoisotopic (exact) mass is 265 g/mol. The Balaban J connectivity index is 2.31. The Kier molecular flexibility index (Phi) is 3.46. The molecule has 1 aliphatic heterocycles. The number of nitro groups is 1. The first-order chi connectivity index (χ1) is 8.99. The van der Waals surface area contributed by atoms with Gasteiger partial charge in [0.1, 0.15) is 5.75 Å². The molecule has 1 fully saturated rings. The van der Waals surface area contributed by atoms with Crippen molar-refractivity contribution in [3.63, 3.8) is 0 Å². The Morgan fingerprint density at radius 2 is 2.26 bits per heavy atom. The van der Waals surface area contributed by atoms with E-state index in [0.29, 0.717) is 6.42 Å². The van der Waals surface area contributed by atoms with Crippen molar-refractivity contribution in [3.05, 3.63) is 33.9 Å². The molecule has 0 aliphatic carbocycles. The smallest absolute Gasteiger partial charge is 0.347 e. The molecule has 0 aromatic heterocycles. The number of ketones is 1. The summed E-state index contributed by atoms with van der Waals surface area (Å²) in [4.78, 5) is 32.8. The van der Waals surface area contributed by atoms with Crippen LogP contribution < -0.4 is 4.74 Å². The van der Waals surface area contributed by atoms with Gasteiger partial charge in [-0.1, -0.05) is 0 Å². The van der Waals surface area contributed by atoms with Crippen molar-refractivity contribution in [1.82, 2.24) is 0 Å². The molecule has 0 amide bonds. The van der Waals surface area contributed by atoms with Gasteiger partial charge in [0.25, 0.3) is 5.69 Å². The van der Waals surface area contributed by atoms with Crippen molar-refractivity contribution in [2.45, 2.75) is 19.4 Å². The second-order valence-electron chi connectivity index (χ2n) is 4.06. The van der Waals surface area contributed by atoms with Gasteiger partial charge in [-0.2, -0.15) is 0 Å². The van der Waals surface area contributed by atoms with E-state index in [1.54, 1.807) is 0 Å². The van der Waals surface area contributed by atoms with E-state index in [1.165, 1.54) is 19.1 Å². The standard InChI is InChI=1S/C12H11NO6/c1-7(14)9-6-8(13(16)17)2-3-10(9)19-11-4-5-18-12(11)15/h2-3,6,11H,4-5H2,1H3. The maximum absolute atomic E-state index is 11.5. The minimum absolute atomic E-state index is 0.0777. The number of Topliss-reactive ketones (excluding diaryl/α,β-unsaturated/α-hetero) is 1. The maximum Gasteiger partial charge on any atom is 0.347 e. The van der Waals surface area contributed by atoms with Crippen molar-refractivity contribution in [2.75, 3.05) is 6.61 Å². The zero-order valence-corrected chi connectivity index (χ0v) is 10.1. The van der Waals surface area contributed by atoms with Gasteiger partial charge in [-0.15, -0.1) is 0 Å².